The van der Waals surface area contributed by atoms with Crippen molar-refractivity contribution in [2.75, 3.05) is 0 Å². The van der Waals surface area contributed by atoms with Crippen LogP contribution in [0.1, 0.15) is 43.1 Å². The molecule has 0 aliphatic carbocycles. The van der Waals surface area contributed by atoms with E-state index in [4.69, 9.17) is 4.74 Å². The molecule has 0 atom stereocenters. The maximum absolute atomic E-state index is 11.7. The average Bonchev–Trinajstić information content (AvgIpc) is 2.15. The first kappa shape index (κ1) is 10.9. The summed E-state index contributed by atoms with van der Waals surface area (Å²) >= 11 is 0. The van der Waals surface area contributed by atoms with Gasteiger partial charge in [-0.1, -0.05) is 26.8 Å². The van der Waals surface area contributed by atoms with Gasteiger partial charge in [-0.25, -0.2) is 0 Å². The molecule has 1 heterocycles. The summed E-state index contributed by atoms with van der Waals surface area (Å²) in [6.45, 7) is 6.23. The number of hydrogen-bond donors (Lipinski definition) is 0. The first-order chi connectivity index (χ1) is 7.38. The van der Waals surface area contributed by atoms with Crippen LogP contribution in [0.3, 0.4) is 0 Å². The Labute approximate surface area is 94.4 Å². The fourth-order valence-electron chi connectivity index (χ4n) is 1.69. The summed E-state index contributed by atoms with van der Waals surface area (Å²) < 4.78 is 5.01. The van der Waals surface area contributed by atoms with Gasteiger partial charge in [0, 0.05) is 0 Å². The van der Waals surface area contributed by atoms with Crippen molar-refractivity contribution in [2.24, 2.45) is 0 Å². The van der Waals surface area contributed by atoms with Crippen molar-refractivity contribution in [3.63, 3.8) is 0 Å². The third-order valence-corrected chi connectivity index (χ3v) is 2.67. The lowest BCUT2D eigenvalue weighted by atomic mass is 9.85. The molecule has 3 heteroatoms. The molecule has 1 aliphatic heterocycles. The summed E-state index contributed by atoms with van der Waals surface area (Å²) in [6, 6.07) is 5.42. The lowest BCUT2D eigenvalue weighted by molar-refractivity contribution is -0.133. The third-order valence-electron chi connectivity index (χ3n) is 2.67. The molecule has 1 aliphatic rings. The fourth-order valence-corrected chi connectivity index (χ4v) is 1.69. The van der Waals surface area contributed by atoms with E-state index in [1.807, 2.05) is 12.1 Å². The van der Waals surface area contributed by atoms with Gasteiger partial charge in [-0.3, -0.25) is 9.59 Å². The fraction of sp³-hybridized carbons (Fsp3) is 0.385. The van der Waals surface area contributed by atoms with Crippen molar-refractivity contribution in [3.8, 4) is 5.75 Å². The van der Waals surface area contributed by atoms with Gasteiger partial charge in [0.2, 0.25) is 0 Å². The number of hydrogen-bond acceptors (Lipinski definition) is 3. The second kappa shape index (κ2) is 3.44. The Hall–Kier alpha value is -1.64. The van der Waals surface area contributed by atoms with E-state index in [-0.39, 0.29) is 17.6 Å². The summed E-state index contributed by atoms with van der Waals surface area (Å²) in [6.07, 6.45) is -0.152. The minimum atomic E-state index is -0.471. The third kappa shape index (κ3) is 1.85. The molecule has 0 amide bonds. The second-order valence-electron chi connectivity index (χ2n) is 5.03. The molecule has 2 rings (SSSR count). The van der Waals surface area contributed by atoms with E-state index in [0.29, 0.717) is 11.3 Å². The topological polar surface area (TPSA) is 43.4 Å². The van der Waals surface area contributed by atoms with Crippen molar-refractivity contribution in [3.05, 3.63) is 29.3 Å². The Kier molecular flexibility index (Phi) is 2.34. The maximum Gasteiger partial charge on any atom is 0.319 e. The van der Waals surface area contributed by atoms with Gasteiger partial charge in [0.15, 0.2) is 5.78 Å². The van der Waals surface area contributed by atoms with Gasteiger partial charge in [0.05, 0.1) is 5.56 Å². The minimum absolute atomic E-state index is 0.0171. The van der Waals surface area contributed by atoms with Gasteiger partial charge in [0.25, 0.3) is 0 Å². The number of fused-ring (bicyclic) bond motifs is 1. The number of esters is 1. The van der Waals surface area contributed by atoms with Crippen molar-refractivity contribution in [1.29, 1.82) is 0 Å². The standard InChI is InChI=1S/C13H14O3/c1-13(2,3)8-4-5-11-9(6-8)10(14)7-12(15)16-11/h4-6H,7H2,1-3H3. The van der Waals surface area contributed by atoms with E-state index >= 15 is 0 Å². The minimum Gasteiger partial charge on any atom is -0.425 e. The van der Waals surface area contributed by atoms with Gasteiger partial charge in [-0.15, -0.1) is 0 Å². The predicted molar refractivity (Wildman–Crippen MR) is 59.7 cm³/mol. The van der Waals surface area contributed by atoms with Crippen LogP contribution in [0.4, 0.5) is 0 Å². The molecule has 0 saturated carbocycles. The molecule has 16 heavy (non-hydrogen) atoms. The van der Waals surface area contributed by atoms with Gasteiger partial charge in [0.1, 0.15) is 12.2 Å². The second-order valence-corrected chi connectivity index (χ2v) is 5.03. The van der Waals surface area contributed by atoms with Crippen LogP contribution in [0.2, 0.25) is 0 Å². The summed E-state index contributed by atoms with van der Waals surface area (Å²) in [7, 11) is 0. The van der Waals surface area contributed by atoms with Crippen molar-refractivity contribution < 1.29 is 14.3 Å². The van der Waals surface area contributed by atoms with Crippen LogP contribution in [-0.4, -0.2) is 11.8 Å². The maximum atomic E-state index is 11.7. The van der Waals surface area contributed by atoms with Crippen LogP contribution in [0.5, 0.6) is 5.75 Å². The molecule has 0 N–H and O–H groups in total. The summed E-state index contributed by atoms with van der Waals surface area (Å²) in [5.74, 6) is -0.243. The zero-order chi connectivity index (χ0) is 11.9. The lowest BCUT2D eigenvalue weighted by Crippen LogP contribution is -2.22. The number of benzene rings is 1. The van der Waals surface area contributed by atoms with Crippen LogP contribution in [0.25, 0.3) is 0 Å². The Balaban J connectivity index is 2.51. The molecule has 0 fully saturated rings. The number of carbonyl (C=O) groups is 2. The number of ketones is 1. The van der Waals surface area contributed by atoms with Crippen LogP contribution in [0.15, 0.2) is 18.2 Å². The highest BCUT2D eigenvalue weighted by Gasteiger charge is 2.26. The molecule has 0 bridgehead atoms. The predicted octanol–water partition coefficient (Wildman–Crippen LogP) is 2.48. The van der Waals surface area contributed by atoms with Crippen LogP contribution in [-0.2, 0) is 10.2 Å². The SMILES string of the molecule is CC(C)(C)c1ccc2c(c1)C(=O)CC(=O)O2. The van der Waals surface area contributed by atoms with Crippen molar-refractivity contribution in [1.82, 2.24) is 0 Å². The zero-order valence-electron chi connectivity index (χ0n) is 9.66. The first-order valence-electron chi connectivity index (χ1n) is 5.26. The van der Waals surface area contributed by atoms with Gasteiger partial charge in [-0.2, -0.15) is 0 Å². The lowest BCUT2D eigenvalue weighted by Gasteiger charge is -2.22. The number of ether oxygens (including phenoxy) is 1. The number of Topliss-reactive ketones (excluding diaryl/α,β-unsaturated/α-hetero) is 1. The van der Waals surface area contributed by atoms with Crippen molar-refractivity contribution >= 4 is 11.8 Å². The Bertz CT molecular complexity index is 467. The van der Waals surface area contributed by atoms with E-state index in [1.165, 1.54) is 0 Å². The van der Waals surface area contributed by atoms with E-state index in [2.05, 4.69) is 20.8 Å². The number of carbonyl (C=O) groups excluding carboxylic acids is 2. The highest BCUT2D eigenvalue weighted by molar-refractivity contribution is 6.11. The Morgan fingerprint density at radius 1 is 1.19 bits per heavy atom. The molecule has 1 aromatic carbocycles. The van der Waals surface area contributed by atoms with E-state index < -0.39 is 5.97 Å². The van der Waals surface area contributed by atoms with Crippen molar-refractivity contribution in [2.45, 2.75) is 32.6 Å². The monoisotopic (exact) mass is 218 g/mol. The first-order valence-corrected chi connectivity index (χ1v) is 5.26. The molecule has 1 aromatic rings. The van der Waals surface area contributed by atoms with Crippen LogP contribution < -0.4 is 4.74 Å². The largest absolute Gasteiger partial charge is 0.425 e. The van der Waals surface area contributed by atoms with Gasteiger partial charge >= 0.3 is 5.97 Å². The highest BCUT2D eigenvalue weighted by Crippen LogP contribution is 2.31. The molecule has 0 radical (unpaired) electrons. The summed E-state index contributed by atoms with van der Waals surface area (Å²) in [5, 5.41) is 0. The average molecular weight is 218 g/mol. The van der Waals surface area contributed by atoms with Crippen LogP contribution >= 0.6 is 0 Å². The molecule has 0 spiro atoms. The zero-order valence-corrected chi connectivity index (χ0v) is 9.66. The summed E-state index contributed by atoms with van der Waals surface area (Å²) in [4.78, 5) is 22.7. The smallest absolute Gasteiger partial charge is 0.319 e. The molecular formula is C13H14O3. The highest BCUT2D eigenvalue weighted by atomic mass is 16.5. The van der Waals surface area contributed by atoms with E-state index in [0.717, 1.165) is 5.56 Å². The van der Waals surface area contributed by atoms with Crippen LogP contribution in [0, 0.1) is 0 Å². The molecule has 84 valence electrons. The van der Waals surface area contributed by atoms with Gasteiger partial charge in [-0.05, 0) is 23.1 Å². The molecule has 0 saturated heterocycles. The summed E-state index contributed by atoms with van der Waals surface area (Å²) in [5.41, 5.74) is 1.57. The molecule has 0 unspecified atom stereocenters. The van der Waals surface area contributed by atoms with E-state index in [9.17, 15) is 9.59 Å². The Morgan fingerprint density at radius 2 is 1.88 bits per heavy atom. The molecule has 0 aromatic heterocycles. The quantitative estimate of drug-likeness (QED) is 0.381. The normalized spacial score (nSPS) is 15.7. The number of rotatable bonds is 0. The molecule has 3 nitrogen and oxygen atoms in total. The molecular weight excluding hydrogens is 204 g/mol. The van der Waals surface area contributed by atoms with E-state index in [1.54, 1.807) is 6.07 Å². The Morgan fingerprint density at radius 3 is 2.50 bits per heavy atom. The van der Waals surface area contributed by atoms with Gasteiger partial charge < -0.3 is 4.74 Å².